The summed E-state index contributed by atoms with van der Waals surface area (Å²) in [5, 5.41) is 50.8. The predicted molar refractivity (Wildman–Crippen MR) is 420 cm³/mol. The van der Waals surface area contributed by atoms with Crippen LogP contribution in [0, 0.1) is 24.7 Å². The van der Waals surface area contributed by atoms with Crippen LogP contribution < -0.4 is 43.0 Å². The van der Waals surface area contributed by atoms with Gasteiger partial charge in [-0.3, -0.25) is 47.4 Å². The van der Waals surface area contributed by atoms with Crippen LogP contribution in [0.25, 0.3) is 0 Å². The van der Waals surface area contributed by atoms with E-state index in [2.05, 4.69) is 114 Å². The van der Waals surface area contributed by atoms with Crippen molar-refractivity contribution in [2.45, 2.75) is 147 Å². The van der Waals surface area contributed by atoms with Crippen LogP contribution in [0.2, 0.25) is 0 Å². The molecule has 1 fully saturated rings. The number of hydrogen-bond acceptors (Lipinski definition) is 26. The highest BCUT2D eigenvalue weighted by molar-refractivity contribution is 8.76. The Kier molecular flexibility index (Phi) is 40.1. The number of carbonyl (C=O) groups excluding carboxylic acids is 6. The van der Waals surface area contributed by atoms with Crippen molar-refractivity contribution in [3.05, 3.63) is 115 Å². The normalized spacial score (nSPS) is 18.5. The molecule has 44 heteroatoms. The second-order valence-electron chi connectivity index (χ2n) is 26.8. The lowest BCUT2D eigenvalue weighted by atomic mass is 9.65. The summed E-state index contributed by atoms with van der Waals surface area (Å²) in [6.45, 7) is 10.1. The molecule has 0 saturated carbocycles. The second kappa shape index (κ2) is 48.1. The zero-order chi connectivity index (χ0) is 85.3. The molecule has 39 nitrogen and oxygen atoms in total. The highest BCUT2D eigenvalue weighted by atomic mass is 33.1. The van der Waals surface area contributed by atoms with Gasteiger partial charge in [-0.2, -0.15) is 13.6 Å². The van der Waals surface area contributed by atoms with Crippen LogP contribution in [-0.2, 0) is 102 Å². The highest BCUT2D eigenvalue weighted by Gasteiger charge is 2.44. The molecule has 16 N–H and O–H groups in total. The number of carbonyl (C=O) groups is 9. The van der Waals surface area contributed by atoms with Gasteiger partial charge in [-0.1, -0.05) is 88.8 Å². The van der Waals surface area contributed by atoms with Crippen molar-refractivity contribution >= 4 is 110 Å². The Morgan fingerprint density at radius 1 is 0.767 bits per heavy atom. The molecule has 0 spiro atoms. The van der Waals surface area contributed by atoms with Gasteiger partial charge >= 0.3 is 47.1 Å². The minimum absolute atomic E-state index is 0.00795. The maximum atomic E-state index is 14.3. The van der Waals surface area contributed by atoms with Crippen LogP contribution >= 0.6 is 45.1 Å². The summed E-state index contributed by atoms with van der Waals surface area (Å²) in [5.41, 5.74) is 15.3. The molecular weight excluding hydrogens is 1630 g/mol. The van der Waals surface area contributed by atoms with E-state index in [1.807, 2.05) is 23.5 Å². The lowest BCUT2D eigenvalue weighted by molar-refractivity contribution is -0.451. The number of nitrogen functional groups attached to an aromatic ring is 1. The Hall–Kier alpha value is -8.07. The largest absolute Gasteiger partial charge is 0.490 e. The molecule has 640 valence electrons. The van der Waals surface area contributed by atoms with Gasteiger partial charge in [0, 0.05) is 92.6 Å². The molecule has 2 aromatic carbocycles. The van der Waals surface area contributed by atoms with Gasteiger partial charge in [0.15, 0.2) is 0 Å². The number of carboxylic acid groups (broad SMARTS) is 3. The minimum Gasteiger partial charge on any atom is -0.481 e. The summed E-state index contributed by atoms with van der Waals surface area (Å²) >= 11 is 0. The summed E-state index contributed by atoms with van der Waals surface area (Å²) in [6.07, 6.45) is 2.49. The zero-order valence-corrected chi connectivity index (χ0v) is 69.0. The Balaban J connectivity index is 0.857. The number of benzene rings is 2. The maximum absolute atomic E-state index is 14.3. The average molecular weight is 1730 g/mol. The fraction of sp³-hybridized carbons (Fsp3) is 0.556. The fourth-order valence-electron chi connectivity index (χ4n) is 12.4. The lowest BCUT2D eigenvalue weighted by Gasteiger charge is -2.38. The first-order chi connectivity index (χ1) is 55.0. The van der Waals surface area contributed by atoms with E-state index in [9.17, 15) is 86.7 Å². The molecule has 8 unspecified atom stereocenters. The van der Waals surface area contributed by atoms with Crippen LogP contribution in [0.15, 0.2) is 70.7 Å². The fourth-order valence-corrected chi connectivity index (χ4v) is 17.6. The summed E-state index contributed by atoms with van der Waals surface area (Å²) < 4.78 is 75.2. The maximum Gasteiger partial charge on any atom is 0.490 e. The van der Waals surface area contributed by atoms with Crippen molar-refractivity contribution in [2.75, 3.05) is 110 Å². The third-order valence-electron chi connectivity index (χ3n) is 17.9. The van der Waals surface area contributed by atoms with E-state index in [4.69, 9.17) is 44.3 Å². The summed E-state index contributed by atoms with van der Waals surface area (Å²) in [7, 11) is -12.7. The van der Waals surface area contributed by atoms with Gasteiger partial charge in [0.05, 0.1) is 90.5 Å². The van der Waals surface area contributed by atoms with E-state index in [0.29, 0.717) is 24.3 Å². The molecule has 1 aromatic heterocycles. The summed E-state index contributed by atoms with van der Waals surface area (Å²) in [4.78, 5) is 173. The molecular formula is C72H102N10O29P3S2+. The number of aliphatic carboxylic acids is 3. The Labute approximate surface area is 676 Å². The van der Waals surface area contributed by atoms with Crippen molar-refractivity contribution in [1.29, 1.82) is 0 Å². The van der Waals surface area contributed by atoms with E-state index in [1.165, 1.54) is 55.0 Å². The first kappa shape index (κ1) is 96.8. The van der Waals surface area contributed by atoms with Gasteiger partial charge < -0.3 is 101 Å². The van der Waals surface area contributed by atoms with Crippen molar-refractivity contribution < 1.29 is 139 Å². The van der Waals surface area contributed by atoms with Crippen molar-refractivity contribution in [2.24, 2.45) is 5.92 Å². The molecule has 6 rings (SSSR count). The molecule has 3 aliphatic rings. The number of aliphatic hydroxyl groups is 1. The number of ether oxygens (including phenoxy) is 5. The molecule has 6 amide bonds. The number of anilines is 1. The predicted octanol–water partition coefficient (Wildman–Crippen LogP) is 1.44. The number of nitrogens with two attached hydrogens (primary N) is 1. The van der Waals surface area contributed by atoms with E-state index in [1.54, 1.807) is 11.9 Å². The van der Waals surface area contributed by atoms with E-state index in [-0.39, 0.29) is 145 Å². The Morgan fingerprint density at radius 3 is 2.07 bits per heavy atom. The van der Waals surface area contributed by atoms with Gasteiger partial charge in [-0.05, 0) is 86.8 Å². The smallest absolute Gasteiger partial charge is 0.481 e. The van der Waals surface area contributed by atoms with Crippen molar-refractivity contribution in [3.63, 3.8) is 0 Å². The average Bonchev–Trinajstić information content (AvgIpc) is 0.834. The summed E-state index contributed by atoms with van der Waals surface area (Å²) in [5.74, 6) is -3.08. The number of phosphoric ester groups is 1. The number of aliphatic hydroxyl groups excluding tert-OH is 1. The monoisotopic (exact) mass is 1730 g/mol. The first-order valence-corrected chi connectivity index (χ1v) is 44.1. The molecule has 2 aliphatic carbocycles. The molecule has 0 bridgehead atoms. The third-order valence-corrected chi connectivity index (χ3v) is 24.2. The number of carboxylic acids is 3. The number of phosphoric acid groups is 3. The second-order valence-corrected chi connectivity index (χ2v) is 33.9. The zero-order valence-electron chi connectivity index (χ0n) is 64.6. The van der Waals surface area contributed by atoms with Crippen LogP contribution in [-0.4, -0.2) is 248 Å². The molecule has 10 atom stereocenters. The van der Waals surface area contributed by atoms with E-state index < -0.39 is 127 Å². The number of amides is 6. The number of fused-ring (bicyclic) bond motifs is 2. The van der Waals surface area contributed by atoms with Crippen LogP contribution in [0.3, 0.4) is 0 Å². The van der Waals surface area contributed by atoms with Crippen LogP contribution in [0.5, 0.6) is 0 Å². The Morgan fingerprint density at radius 2 is 1.41 bits per heavy atom. The SMILES string of the molecule is CCCc1cc2c(cc1C)C(c1ccccc1C(=O)N(C)CCCC(=O)NCCOCCOCCOCCOCCC(=O)NC(CCCSSCCC(=O)NCC#Cc1cn([C@H]3CC(O)[C@@H](COP(=O)(O)OP(=O)(O)OP(=O)(O)O)O3)c(=O)nc1N)C(=O)NC(CC(=O)O)C(=O)NC(CC(=O)O)C(=O)O)C1C=C(C)C(=[NH+]CC)C=C1C2. The van der Waals surface area contributed by atoms with Gasteiger partial charge in [0.1, 0.15) is 42.8 Å². The standard InChI is InChI=1S/C72H101N10O29P3S2/c1-6-13-46-36-48-37-49-38-55(74-7-2)45(4)35-53(49)66(52(48)34-44(46)3)50-15-8-9-16-51(50)70(93)81(5)23-11-18-60(84)76-22-25-105-27-29-107-31-30-106-28-26-104-24-19-62(86)77-54(68(91)78-56(39-64(87)88)69(92)79-57(71(94)95)40-65(89)90)17-12-32-115-116-33-20-61(85)75-21-10-14-47-42-82(72(96)80-67(47)73)63-41-58(83)59(109-63)43-108-113(100,101)111-114(102,103)110-112(97,98)99/h8-9,15-16,34-36,38,42,53-54,56-59,63,66,83H,6-7,11-13,17-33,37,39-41,43H2,1-5H3,(H,75,85)(H,76,84)(H,77,86)(H,78,91)(H,79,92)(H,87,88)(H,89,90)(H,94,95)(H,100,101)(H,102,103)(H2,73,80,96)(H2,97,98,99)/p+1/t53?,54?,56?,57?,58?,59-,63-,66?/m1/s1. The van der Waals surface area contributed by atoms with E-state index >= 15 is 0 Å². The van der Waals surface area contributed by atoms with E-state index in [0.717, 1.165) is 47.8 Å². The van der Waals surface area contributed by atoms with Gasteiger partial charge in [-0.25, -0.2) is 28.3 Å². The van der Waals surface area contributed by atoms with Gasteiger partial charge in [0.2, 0.25) is 35.2 Å². The molecule has 116 heavy (non-hydrogen) atoms. The van der Waals surface area contributed by atoms with Crippen molar-refractivity contribution in [3.8, 4) is 11.8 Å². The van der Waals surface area contributed by atoms with Crippen molar-refractivity contribution in [1.82, 2.24) is 41.0 Å². The lowest BCUT2D eigenvalue weighted by Crippen LogP contribution is -2.72. The number of aromatic nitrogens is 2. The Bertz CT molecular complexity index is 4320. The van der Waals surface area contributed by atoms with Gasteiger partial charge in [-0.15, -0.1) is 0 Å². The number of aryl methyl sites for hydroxylation is 2. The molecule has 2 heterocycles. The number of nitrogens with one attached hydrogen (secondary N) is 6. The highest BCUT2D eigenvalue weighted by Crippen LogP contribution is 2.66. The number of rotatable bonds is 51. The van der Waals surface area contributed by atoms with Crippen LogP contribution in [0.4, 0.5) is 5.82 Å². The van der Waals surface area contributed by atoms with Crippen LogP contribution in [0.1, 0.15) is 141 Å². The minimum atomic E-state index is -5.84. The molecule has 1 aliphatic heterocycles. The molecule has 3 aromatic rings. The molecule has 1 saturated heterocycles. The summed E-state index contributed by atoms with van der Waals surface area (Å²) in [6, 6.07) is 7.34. The first-order valence-electron chi connectivity index (χ1n) is 37.1. The quantitative estimate of drug-likeness (QED) is 0.0165. The van der Waals surface area contributed by atoms with Gasteiger partial charge in [0.25, 0.3) is 5.91 Å². The topological polar surface area (TPSA) is 579 Å². The number of nitrogens with zero attached hydrogens (tertiary/aromatic N) is 3. The number of hydrogen-bond donors (Lipinski definition) is 15. The third kappa shape index (κ3) is 33.0. The molecule has 0 radical (unpaired) electrons. The number of allylic oxidation sites excluding steroid dienone is 4.